The predicted molar refractivity (Wildman–Crippen MR) is 51.6 cm³/mol. The minimum Gasteiger partial charge on any atom is -0.544 e. The van der Waals surface area contributed by atoms with Gasteiger partial charge in [-0.1, -0.05) is 12.1 Å². The Hall–Kier alpha value is -2.28. The summed E-state index contributed by atoms with van der Waals surface area (Å²) in [5.74, 6) is -0.813. The van der Waals surface area contributed by atoms with Crippen molar-refractivity contribution in [2.24, 2.45) is 0 Å². The first-order chi connectivity index (χ1) is 7.17. The third-order valence-electron chi connectivity index (χ3n) is 1.77. The van der Waals surface area contributed by atoms with Gasteiger partial charge in [-0.2, -0.15) is 5.26 Å². The van der Waals surface area contributed by atoms with Gasteiger partial charge in [0.15, 0.2) is 0 Å². The highest BCUT2D eigenvalue weighted by Crippen LogP contribution is 2.13. The first kappa shape index (κ1) is 10.8. The van der Waals surface area contributed by atoms with Crippen LogP contribution in [0.25, 0.3) is 6.08 Å². The van der Waals surface area contributed by atoms with Crippen molar-refractivity contribution < 1.29 is 14.6 Å². The van der Waals surface area contributed by atoms with Crippen LogP contribution in [0.1, 0.15) is 5.56 Å². The molecule has 0 N–H and O–H groups in total. The van der Waals surface area contributed by atoms with E-state index in [1.165, 1.54) is 13.2 Å². The molecule has 0 atom stereocenters. The number of carbonyl (C=O) groups is 1. The van der Waals surface area contributed by atoms with Crippen molar-refractivity contribution in [3.63, 3.8) is 0 Å². The molecular weight excluding hydrogens is 194 g/mol. The standard InChI is InChI=1S/C11H9NO3/c1-15-10-4-2-8(3-5-10)6-9(7-12)11(13)14/h2-6H,1H3,(H,13,14)/p-1/b9-6+. The summed E-state index contributed by atoms with van der Waals surface area (Å²) < 4.78 is 4.93. The molecule has 4 heteroatoms. The van der Waals surface area contributed by atoms with Gasteiger partial charge in [-0.15, -0.1) is 0 Å². The van der Waals surface area contributed by atoms with E-state index in [9.17, 15) is 9.90 Å². The van der Waals surface area contributed by atoms with Gasteiger partial charge in [0.25, 0.3) is 0 Å². The number of carbonyl (C=O) groups excluding carboxylic acids is 1. The van der Waals surface area contributed by atoms with Crippen molar-refractivity contribution in [1.29, 1.82) is 5.26 Å². The van der Waals surface area contributed by atoms with Gasteiger partial charge in [0.05, 0.1) is 18.7 Å². The Kier molecular flexibility index (Phi) is 3.47. The van der Waals surface area contributed by atoms with Crippen LogP contribution in [-0.4, -0.2) is 13.1 Å². The van der Waals surface area contributed by atoms with Crippen LogP contribution in [0.4, 0.5) is 0 Å². The van der Waals surface area contributed by atoms with Crippen molar-refractivity contribution in [3.8, 4) is 11.8 Å². The molecule has 1 aromatic rings. The van der Waals surface area contributed by atoms with E-state index in [-0.39, 0.29) is 0 Å². The van der Waals surface area contributed by atoms with Gasteiger partial charge < -0.3 is 14.6 Å². The lowest BCUT2D eigenvalue weighted by Gasteiger charge is -2.01. The Morgan fingerprint density at radius 1 is 1.47 bits per heavy atom. The van der Waals surface area contributed by atoms with Crippen LogP contribution in [-0.2, 0) is 4.79 Å². The normalized spacial score (nSPS) is 10.5. The maximum absolute atomic E-state index is 10.4. The van der Waals surface area contributed by atoms with Gasteiger partial charge in [0, 0.05) is 0 Å². The number of carboxylic acids is 1. The second-order valence-corrected chi connectivity index (χ2v) is 2.73. The van der Waals surface area contributed by atoms with Gasteiger partial charge in [0.2, 0.25) is 0 Å². The number of hydrogen-bond donors (Lipinski definition) is 0. The molecule has 0 saturated carbocycles. The van der Waals surface area contributed by atoms with Crippen LogP contribution in [0.5, 0.6) is 5.75 Å². The van der Waals surface area contributed by atoms with Crippen LogP contribution in [0.2, 0.25) is 0 Å². The number of nitriles is 1. The smallest absolute Gasteiger partial charge is 0.118 e. The summed E-state index contributed by atoms with van der Waals surface area (Å²) in [7, 11) is 1.53. The quantitative estimate of drug-likeness (QED) is 0.523. The molecular formula is C11H8NO3-. The lowest BCUT2D eigenvalue weighted by atomic mass is 10.1. The highest BCUT2D eigenvalue weighted by molar-refractivity contribution is 5.95. The minimum atomic E-state index is -1.48. The van der Waals surface area contributed by atoms with Crippen molar-refractivity contribution in [1.82, 2.24) is 0 Å². The SMILES string of the molecule is COc1ccc(/C=C(\C#N)C(=O)[O-])cc1. The van der Waals surface area contributed by atoms with Crippen LogP contribution >= 0.6 is 0 Å². The average molecular weight is 202 g/mol. The number of methoxy groups -OCH3 is 1. The Bertz CT molecular complexity index is 426. The Morgan fingerprint density at radius 3 is 2.47 bits per heavy atom. The van der Waals surface area contributed by atoms with Crippen molar-refractivity contribution in [2.75, 3.05) is 7.11 Å². The zero-order valence-electron chi connectivity index (χ0n) is 8.06. The van der Waals surface area contributed by atoms with Gasteiger partial charge >= 0.3 is 0 Å². The zero-order chi connectivity index (χ0) is 11.3. The number of ether oxygens (including phenoxy) is 1. The maximum Gasteiger partial charge on any atom is 0.118 e. The molecule has 0 aromatic heterocycles. The Balaban J connectivity index is 2.98. The fraction of sp³-hybridized carbons (Fsp3) is 0.0909. The molecule has 1 aromatic carbocycles. The number of benzene rings is 1. The fourth-order valence-corrected chi connectivity index (χ4v) is 1.00. The molecule has 0 aliphatic rings. The van der Waals surface area contributed by atoms with Crippen LogP contribution in [0, 0.1) is 11.3 Å². The van der Waals surface area contributed by atoms with E-state index >= 15 is 0 Å². The van der Waals surface area contributed by atoms with Crippen molar-refractivity contribution in [3.05, 3.63) is 35.4 Å². The topological polar surface area (TPSA) is 73.1 Å². The van der Waals surface area contributed by atoms with Crippen LogP contribution < -0.4 is 9.84 Å². The van der Waals surface area contributed by atoms with E-state index in [0.29, 0.717) is 11.3 Å². The summed E-state index contributed by atoms with van der Waals surface area (Å²) in [5, 5.41) is 18.9. The van der Waals surface area contributed by atoms with Crippen LogP contribution in [0.3, 0.4) is 0 Å². The molecule has 0 unspecified atom stereocenters. The molecule has 0 saturated heterocycles. The van der Waals surface area contributed by atoms with Crippen molar-refractivity contribution in [2.45, 2.75) is 0 Å². The number of rotatable bonds is 3. The van der Waals surface area contributed by atoms with Crippen molar-refractivity contribution >= 4 is 12.0 Å². The largest absolute Gasteiger partial charge is 0.544 e. The summed E-state index contributed by atoms with van der Waals surface area (Å²) >= 11 is 0. The molecule has 1 rings (SSSR count). The lowest BCUT2D eigenvalue weighted by molar-refractivity contribution is -0.298. The molecule has 0 spiro atoms. The molecule has 0 radical (unpaired) electrons. The molecule has 76 valence electrons. The number of carboxylic acid groups (broad SMARTS) is 1. The van der Waals surface area contributed by atoms with E-state index in [1.54, 1.807) is 30.3 Å². The second-order valence-electron chi connectivity index (χ2n) is 2.73. The molecule has 0 bridgehead atoms. The van der Waals surface area contributed by atoms with Gasteiger partial charge in [-0.05, 0) is 23.8 Å². The van der Waals surface area contributed by atoms with Gasteiger partial charge in [-0.3, -0.25) is 0 Å². The molecule has 4 nitrogen and oxygen atoms in total. The molecule has 0 heterocycles. The van der Waals surface area contributed by atoms with E-state index < -0.39 is 11.5 Å². The van der Waals surface area contributed by atoms with E-state index in [0.717, 1.165) is 0 Å². The number of aliphatic carboxylic acids is 1. The third kappa shape index (κ3) is 2.85. The molecule has 0 aliphatic heterocycles. The average Bonchev–Trinajstić information content (AvgIpc) is 2.26. The fourth-order valence-electron chi connectivity index (χ4n) is 1.00. The highest BCUT2D eigenvalue weighted by atomic mass is 16.5. The van der Waals surface area contributed by atoms with Crippen LogP contribution in [0.15, 0.2) is 29.8 Å². The molecule has 0 aliphatic carbocycles. The monoisotopic (exact) mass is 202 g/mol. The third-order valence-corrected chi connectivity index (χ3v) is 1.77. The zero-order valence-corrected chi connectivity index (χ0v) is 8.06. The first-order valence-electron chi connectivity index (χ1n) is 4.14. The Labute approximate surface area is 87.0 Å². The summed E-state index contributed by atoms with van der Waals surface area (Å²) in [6, 6.07) is 8.20. The van der Waals surface area contributed by atoms with E-state index in [4.69, 9.17) is 10.00 Å². The van der Waals surface area contributed by atoms with Gasteiger partial charge in [0.1, 0.15) is 11.8 Å². The Morgan fingerprint density at radius 2 is 2.07 bits per heavy atom. The second kappa shape index (κ2) is 4.82. The van der Waals surface area contributed by atoms with E-state index in [2.05, 4.69) is 0 Å². The number of hydrogen-bond acceptors (Lipinski definition) is 4. The summed E-state index contributed by atoms with van der Waals surface area (Å²) in [4.78, 5) is 10.4. The maximum atomic E-state index is 10.4. The highest BCUT2D eigenvalue weighted by Gasteiger charge is 1.97. The molecule has 0 amide bonds. The summed E-state index contributed by atoms with van der Waals surface area (Å²) in [6.07, 6.45) is 1.24. The molecule has 0 fully saturated rings. The summed E-state index contributed by atoms with van der Waals surface area (Å²) in [6.45, 7) is 0. The first-order valence-corrected chi connectivity index (χ1v) is 4.14. The molecule has 15 heavy (non-hydrogen) atoms. The predicted octanol–water partition coefficient (Wildman–Crippen LogP) is 0.352. The minimum absolute atomic E-state index is 0.403. The van der Waals surface area contributed by atoms with E-state index in [1.807, 2.05) is 0 Å². The van der Waals surface area contributed by atoms with Gasteiger partial charge in [-0.25, -0.2) is 0 Å². The number of nitrogens with zero attached hydrogens (tertiary/aromatic N) is 1. The lowest BCUT2D eigenvalue weighted by Crippen LogP contribution is -2.23. The summed E-state index contributed by atoms with van der Waals surface area (Å²) in [5.41, 5.74) is 0.205.